The van der Waals surface area contributed by atoms with Gasteiger partial charge in [0.1, 0.15) is 0 Å². The zero-order valence-corrected chi connectivity index (χ0v) is 10.9. The lowest BCUT2D eigenvalue weighted by Gasteiger charge is -1.86. The third-order valence-electron chi connectivity index (χ3n) is 1.94. The maximum Gasteiger partial charge on any atom is 0.316 e. The van der Waals surface area contributed by atoms with Crippen molar-refractivity contribution in [1.29, 1.82) is 0 Å². The van der Waals surface area contributed by atoms with Crippen LogP contribution in [0.25, 0.3) is 0 Å². The highest BCUT2D eigenvalue weighted by molar-refractivity contribution is 6.34. The molecule has 0 aromatic heterocycles. The van der Waals surface area contributed by atoms with Gasteiger partial charge in [0.25, 0.3) is 4.92 Å². The van der Waals surface area contributed by atoms with Crippen LogP contribution in [0.4, 0.5) is 5.69 Å². The number of halogens is 2. The van der Waals surface area contributed by atoms with Crippen molar-refractivity contribution < 1.29 is 10.1 Å². The summed E-state index contributed by atoms with van der Waals surface area (Å²) in [6.07, 6.45) is 0. The summed E-state index contributed by atoms with van der Waals surface area (Å²) in [5.41, 5.74) is 1.03. The predicted molar refractivity (Wildman–Crippen MR) is 72.4 cm³/mol. The van der Waals surface area contributed by atoms with Crippen molar-refractivity contribution in [3.05, 3.63) is 76.0 Å². The molecule has 0 aliphatic carbocycles. The van der Waals surface area contributed by atoms with Crippen LogP contribution in [-0.4, -0.2) is 10.1 Å². The average molecular weight is 284 g/mol. The fourth-order valence-electron chi connectivity index (χ4n) is 1.08. The summed E-state index contributed by atoms with van der Waals surface area (Å²) in [5, 5.41) is 9.73. The molecule has 0 unspecified atom stereocenters. The highest BCUT2D eigenvalue weighted by atomic mass is 35.5. The van der Waals surface area contributed by atoms with Gasteiger partial charge in [-0.2, -0.15) is 0 Å². The van der Waals surface area contributed by atoms with Crippen LogP contribution in [0, 0.1) is 11.8 Å². The molecule has 0 heterocycles. The molecule has 3 nitrogen and oxygen atoms in total. The van der Waals surface area contributed by atoms with Crippen LogP contribution in [0.3, 0.4) is 0 Å². The zero-order chi connectivity index (χ0) is 13.5. The number of nitrogens with zero attached hydrogens (tertiary/aromatic N) is 1. The Balaban J connectivity index is 0.000000184. The van der Waals surface area contributed by atoms with E-state index in [4.69, 9.17) is 28.4 Å². The van der Waals surface area contributed by atoms with E-state index in [1.165, 1.54) is 12.1 Å². The second-order valence-electron chi connectivity index (χ2n) is 3.38. The lowest BCUT2D eigenvalue weighted by Crippen LogP contribution is -1.90. The van der Waals surface area contributed by atoms with Crippen molar-refractivity contribution in [1.82, 2.24) is 0 Å². The second-order valence-corrected chi connectivity index (χ2v) is 4.25. The number of hydrogen-bond donors (Lipinski definition) is 1. The maximum absolute atomic E-state index is 10.2. The fraction of sp³-hybridized carbons (Fsp3) is 0. The summed E-state index contributed by atoms with van der Waals surface area (Å²) in [4.78, 5) is 10.0. The van der Waals surface area contributed by atoms with E-state index in [1.54, 1.807) is 30.3 Å². The predicted octanol–water partition coefficient (Wildman–Crippen LogP) is 4.66. The van der Waals surface area contributed by atoms with E-state index in [0.29, 0.717) is 10.0 Å². The minimum Gasteiger partial charge on any atom is -0.241 e. The Morgan fingerprint density at radius 1 is 1.00 bits per heavy atom. The molecule has 5 heteroatoms. The minimum atomic E-state index is -0.181. The first-order chi connectivity index (χ1) is 8.49. The van der Waals surface area contributed by atoms with Crippen LogP contribution < -0.4 is 0 Å². The van der Waals surface area contributed by atoms with Gasteiger partial charge in [-0.05, 0) is 30.7 Å². The Hall–Kier alpha value is -1.58. The van der Waals surface area contributed by atoms with Gasteiger partial charge in [-0.1, -0.05) is 41.4 Å². The second kappa shape index (κ2) is 6.99. The van der Waals surface area contributed by atoms with Crippen molar-refractivity contribution >= 4 is 28.9 Å². The molecular formula is C13H11Cl2NO2+. The fourth-order valence-corrected chi connectivity index (χ4v) is 1.52. The largest absolute Gasteiger partial charge is 0.316 e. The van der Waals surface area contributed by atoms with Crippen LogP contribution in [0.1, 0.15) is 5.56 Å². The van der Waals surface area contributed by atoms with Gasteiger partial charge >= 0.3 is 5.69 Å². The SMILES string of the molecule is Clc1cccc(Cl)c1.[CH2]c1ccc([N+](=O)O)cc1. The van der Waals surface area contributed by atoms with Gasteiger partial charge in [-0.3, -0.25) is 0 Å². The minimum absolute atomic E-state index is 0.181. The van der Waals surface area contributed by atoms with Gasteiger partial charge in [0, 0.05) is 22.2 Å². The van der Waals surface area contributed by atoms with E-state index in [2.05, 4.69) is 6.92 Å². The molecule has 0 saturated heterocycles. The molecule has 0 atom stereocenters. The molecular weight excluding hydrogens is 273 g/mol. The molecule has 0 saturated carbocycles. The Labute approximate surface area is 115 Å². The summed E-state index contributed by atoms with van der Waals surface area (Å²) < 4.78 is 0. The van der Waals surface area contributed by atoms with Crippen LogP contribution in [0.2, 0.25) is 10.0 Å². The van der Waals surface area contributed by atoms with E-state index >= 15 is 0 Å². The van der Waals surface area contributed by atoms with E-state index in [0.717, 1.165) is 5.56 Å². The average Bonchev–Trinajstić information content (AvgIpc) is 2.30. The first kappa shape index (κ1) is 14.5. The third-order valence-corrected chi connectivity index (χ3v) is 2.41. The lowest BCUT2D eigenvalue weighted by molar-refractivity contribution is -0.729. The maximum atomic E-state index is 10.2. The Bertz CT molecular complexity index is 510. The summed E-state index contributed by atoms with van der Waals surface area (Å²) in [6, 6.07) is 13.4. The molecule has 1 N–H and O–H groups in total. The molecule has 2 aromatic rings. The normalized spacial score (nSPS) is 9.28. The van der Waals surface area contributed by atoms with Crippen LogP contribution in [-0.2, 0) is 0 Å². The molecule has 0 fully saturated rings. The zero-order valence-electron chi connectivity index (χ0n) is 9.38. The Morgan fingerprint density at radius 3 is 1.83 bits per heavy atom. The lowest BCUT2D eigenvalue weighted by atomic mass is 10.2. The molecule has 0 spiro atoms. The molecule has 2 aromatic carbocycles. The van der Waals surface area contributed by atoms with Gasteiger partial charge in [0.15, 0.2) is 0 Å². The van der Waals surface area contributed by atoms with Crippen molar-refractivity contribution in [2.45, 2.75) is 0 Å². The Morgan fingerprint density at radius 2 is 1.50 bits per heavy atom. The molecule has 93 valence electrons. The molecule has 0 aliphatic rings. The first-order valence-electron chi connectivity index (χ1n) is 4.98. The van der Waals surface area contributed by atoms with Crippen LogP contribution in [0.15, 0.2) is 48.5 Å². The van der Waals surface area contributed by atoms with Crippen molar-refractivity contribution in [3.8, 4) is 0 Å². The number of rotatable bonds is 1. The molecule has 1 radical (unpaired) electrons. The number of hydrogen-bond acceptors (Lipinski definition) is 1. The first-order valence-corrected chi connectivity index (χ1v) is 5.74. The highest BCUT2D eigenvalue weighted by Gasteiger charge is 2.07. The summed E-state index contributed by atoms with van der Waals surface area (Å²) >= 11 is 11.1. The van der Waals surface area contributed by atoms with E-state index in [-0.39, 0.29) is 10.6 Å². The van der Waals surface area contributed by atoms with Crippen LogP contribution in [0.5, 0.6) is 0 Å². The van der Waals surface area contributed by atoms with Crippen molar-refractivity contribution in [2.24, 2.45) is 0 Å². The monoisotopic (exact) mass is 283 g/mol. The van der Waals surface area contributed by atoms with Gasteiger partial charge in [0.05, 0.1) is 4.91 Å². The summed E-state index contributed by atoms with van der Waals surface area (Å²) in [6.45, 7) is 3.62. The van der Waals surface area contributed by atoms with E-state index < -0.39 is 0 Å². The standard InChI is InChI=1S/C7H7NO2.C6H4Cl2/c1-6-2-4-7(5-3-6)8(9)10;7-5-2-1-3-6(8)4-5/h2-5H,1H2,(H,9,10);1-4H/q+1;. The molecule has 18 heavy (non-hydrogen) atoms. The van der Waals surface area contributed by atoms with E-state index in [9.17, 15) is 4.91 Å². The Kier molecular flexibility index (Phi) is 5.62. The highest BCUT2D eigenvalue weighted by Crippen LogP contribution is 2.14. The summed E-state index contributed by atoms with van der Waals surface area (Å²) in [7, 11) is 0. The third kappa shape index (κ3) is 5.17. The van der Waals surface area contributed by atoms with Gasteiger partial charge < -0.3 is 0 Å². The molecule has 0 bridgehead atoms. The quantitative estimate of drug-likeness (QED) is 0.773. The molecule has 0 amide bonds. The van der Waals surface area contributed by atoms with Gasteiger partial charge in [-0.25, -0.2) is 5.21 Å². The van der Waals surface area contributed by atoms with Crippen molar-refractivity contribution in [3.63, 3.8) is 0 Å². The van der Waals surface area contributed by atoms with Crippen molar-refractivity contribution in [2.75, 3.05) is 0 Å². The number of benzene rings is 2. The molecule has 0 aliphatic heterocycles. The summed E-state index contributed by atoms with van der Waals surface area (Å²) in [5.74, 6) is 0. The van der Waals surface area contributed by atoms with Gasteiger partial charge in [0.2, 0.25) is 0 Å². The molecule has 2 rings (SSSR count). The topological polar surface area (TPSA) is 40.3 Å². The van der Waals surface area contributed by atoms with E-state index in [1.807, 2.05) is 6.07 Å². The smallest absolute Gasteiger partial charge is 0.241 e. The van der Waals surface area contributed by atoms with Gasteiger partial charge in [-0.15, -0.1) is 0 Å². The van der Waals surface area contributed by atoms with Crippen LogP contribution >= 0.6 is 23.2 Å².